The van der Waals surface area contributed by atoms with Crippen LogP contribution in [0.15, 0.2) is 29.2 Å². The fraction of sp³-hybridized carbons (Fsp3) is 0.588. The zero-order chi connectivity index (χ0) is 17.9. The van der Waals surface area contributed by atoms with Crippen molar-refractivity contribution in [1.82, 2.24) is 14.5 Å². The van der Waals surface area contributed by atoms with Crippen molar-refractivity contribution in [1.29, 1.82) is 0 Å². The molecule has 1 amide bonds. The fourth-order valence-electron chi connectivity index (χ4n) is 2.78. The molecule has 0 spiro atoms. The smallest absolute Gasteiger partial charge is 0.253 e. The topological polar surface area (TPSA) is 69.7 Å². The predicted octanol–water partition coefficient (Wildman–Crippen LogP) is 1.54. The highest BCUT2D eigenvalue weighted by molar-refractivity contribution is 7.89. The van der Waals surface area contributed by atoms with Gasteiger partial charge in [-0.2, -0.15) is 0 Å². The second-order valence-corrected chi connectivity index (χ2v) is 8.44. The Balaban J connectivity index is 2.04. The average Bonchev–Trinajstić information content (AvgIpc) is 2.53. The Morgan fingerprint density at radius 3 is 2.00 bits per heavy atom. The van der Waals surface area contributed by atoms with Gasteiger partial charge in [-0.05, 0) is 52.0 Å². The Kier molecular flexibility index (Phi) is 6.01. The summed E-state index contributed by atoms with van der Waals surface area (Å²) in [6, 6.07) is 6.47. The van der Waals surface area contributed by atoms with Crippen molar-refractivity contribution in [3.8, 4) is 0 Å². The van der Waals surface area contributed by atoms with Crippen LogP contribution in [0, 0.1) is 0 Å². The van der Waals surface area contributed by atoms with Gasteiger partial charge in [-0.3, -0.25) is 9.69 Å². The molecule has 0 unspecified atom stereocenters. The van der Waals surface area contributed by atoms with Crippen LogP contribution in [0.2, 0.25) is 0 Å². The maximum Gasteiger partial charge on any atom is 0.253 e. The second kappa shape index (κ2) is 7.63. The van der Waals surface area contributed by atoms with E-state index in [1.807, 2.05) is 4.90 Å². The van der Waals surface area contributed by atoms with Crippen LogP contribution in [0.1, 0.15) is 38.1 Å². The molecule has 0 atom stereocenters. The number of carbonyl (C=O) groups is 1. The molecule has 1 aromatic carbocycles. The molecule has 0 aliphatic carbocycles. The third-order valence-electron chi connectivity index (χ3n) is 4.13. The first-order valence-electron chi connectivity index (χ1n) is 8.36. The predicted molar refractivity (Wildman–Crippen MR) is 94.5 cm³/mol. The molecule has 1 saturated heterocycles. The van der Waals surface area contributed by atoms with Crippen LogP contribution in [0.3, 0.4) is 0 Å². The molecule has 1 aromatic rings. The van der Waals surface area contributed by atoms with Gasteiger partial charge in [-0.15, -0.1) is 0 Å². The molecule has 7 heteroatoms. The summed E-state index contributed by atoms with van der Waals surface area (Å²) in [6.07, 6.45) is 0. The molecule has 0 bridgehead atoms. The van der Waals surface area contributed by atoms with Crippen molar-refractivity contribution in [2.75, 3.05) is 26.2 Å². The number of nitrogens with one attached hydrogen (secondary N) is 1. The number of carbonyl (C=O) groups excluding carboxylic acids is 1. The highest BCUT2D eigenvalue weighted by Crippen LogP contribution is 2.14. The van der Waals surface area contributed by atoms with Crippen LogP contribution in [0.5, 0.6) is 0 Å². The quantitative estimate of drug-likeness (QED) is 0.872. The lowest BCUT2D eigenvalue weighted by atomic mass is 10.1. The molecule has 6 nitrogen and oxygen atoms in total. The normalized spacial score (nSPS) is 16.8. The van der Waals surface area contributed by atoms with Gasteiger partial charge in [0, 0.05) is 43.8 Å². The first-order chi connectivity index (χ1) is 11.2. The van der Waals surface area contributed by atoms with Gasteiger partial charge in [0.15, 0.2) is 0 Å². The van der Waals surface area contributed by atoms with Crippen molar-refractivity contribution in [2.45, 2.75) is 44.7 Å². The summed E-state index contributed by atoms with van der Waals surface area (Å²) < 4.78 is 26.8. The number of amides is 1. The highest BCUT2D eigenvalue weighted by atomic mass is 32.2. The first-order valence-corrected chi connectivity index (χ1v) is 9.85. The van der Waals surface area contributed by atoms with Gasteiger partial charge in [0.05, 0.1) is 4.90 Å². The Hall–Kier alpha value is -1.44. The Bertz CT molecular complexity index is 661. The molecule has 0 radical (unpaired) electrons. The van der Waals surface area contributed by atoms with E-state index in [0.29, 0.717) is 24.7 Å². The fourth-order valence-corrected chi connectivity index (χ4v) is 4.03. The minimum Gasteiger partial charge on any atom is -0.336 e. The molecule has 0 aromatic heterocycles. The van der Waals surface area contributed by atoms with Gasteiger partial charge in [-0.25, -0.2) is 13.1 Å². The summed E-state index contributed by atoms with van der Waals surface area (Å²) in [6.45, 7) is 11.0. The second-order valence-electron chi connectivity index (χ2n) is 6.72. The van der Waals surface area contributed by atoms with Crippen molar-refractivity contribution in [3.63, 3.8) is 0 Å². The SMILES string of the molecule is CC(C)NS(=O)(=O)c1ccc(C(=O)N2CCN(C(C)C)CC2)cc1. The molecule has 1 fully saturated rings. The Morgan fingerprint density at radius 1 is 1.00 bits per heavy atom. The highest BCUT2D eigenvalue weighted by Gasteiger charge is 2.24. The van der Waals surface area contributed by atoms with Crippen molar-refractivity contribution in [2.24, 2.45) is 0 Å². The average molecular weight is 353 g/mol. The molecule has 0 saturated carbocycles. The maximum absolute atomic E-state index is 12.6. The summed E-state index contributed by atoms with van der Waals surface area (Å²) in [5, 5.41) is 0. The van der Waals surface area contributed by atoms with Gasteiger partial charge in [0.25, 0.3) is 5.91 Å². The van der Waals surface area contributed by atoms with E-state index in [2.05, 4.69) is 23.5 Å². The minimum atomic E-state index is -3.53. The maximum atomic E-state index is 12.6. The molecule has 134 valence electrons. The van der Waals surface area contributed by atoms with Crippen molar-refractivity contribution >= 4 is 15.9 Å². The van der Waals surface area contributed by atoms with E-state index in [9.17, 15) is 13.2 Å². The number of piperazine rings is 1. The Morgan fingerprint density at radius 2 is 1.54 bits per heavy atom. The molecule has 24 heavy (non-hydrogen) atoms. The lowest BCUT2D eigenvalue weighted by Crippen LogP contribution is -2.50. The zero-order valence-corrected chi connectivity index (χ0v) is 15.6. The van der Waals surface area contributed by atoms with Crippen molar-refractivity contribution < 1.29 is 13.2 Å². The number of sulfonamides is 1. The standard InChI is InChI=1S/C17H27N3O3S/c1-13(2)18-24(22,23)16-7-5-15(6-8-16)17(21)20-11-9-19(10-12-20)14(3)4/h5-8,13-14,18H,9-12H2,1-4H3. The van der Waals surface area contributed by atoms with E-state index in [1.54, 1.807) is 26.0 Å². The number of hydrogen-bond acceptors (Lipinski definition) is 4. The van der Waals surface area contributed by atoms with E-state index in [1.165, 1.54) is 12.1 Å². The van der Waals surface area contributed by atoms with Crippen LogP contribution >= 0.6 is 0 Å². The van der Waals surface area contributed by atoms with Crippen LogP contribution in [0.4, 0.5) is 0 Å². The number of benzene rings is 1. The van der Waals surface area contributed by atoms with E-state index in [-0.39, 0.29) is 16.8 Å². The number of nitrogens with zero attached hydrogens (tertiary/aromatic N) is 2. The van der Waals surface area contributed by atoms with Crippen LogP contribution in [-0.4, -0.2) is 62.4 Å². The minimum absolute atomic E-state index is 0.0424. The monoisotopic (exact) mass is 353 g/mol. The van der Waals surface area contributed by atoms with Gasteiger partial charge in [0.1, 0.15) is 0 Å². The van der Waals surface area contributed by atoms with Crippen molar-refractivity contribution in [3.05, 3.63) is 29.8 Å². The number of rotatable bonds is 5. The third kappa shape index (κ3) is 4.55. The lowest BCUT2D eigenvalue weighted by molar-refractivity contribution is 0.0595. The van der Waals surface area contributed by atoms with E-state index in [0.717, 1.165) is 13.1 Å². The van der Waals surface area contributed by atoms with Gasteiger partial charge in [-0.1, -0.05) is 0 Å². The molecule has 1 N–H and O–H groups in total. The van der Waals surface area contributed by atoms with Gasteiger partial charge < -0.3 is 4.90 Å². The summed E-state index contributed by atoms with van der Waals surface area (Å²) in [4.78, 5) is 16.9. The lowest BCUT2D eigenvalue weighted by Gasteiger charge is -2.37. The number of hydrogen-bond donors (Lipinski definition) is 1. The van der Waals surface area contributed by atoms with Gasteiger partial charge >= 0.3 is 0 Å². The van der Waals surface area contributed by atoms with Crippen LogP contribution < -0.4 is 4.72 Å². The van der Waals surface area contributed by atoms with E-state index in [4.69, 9.17) is 0 Å². The molecular weight excluding hydrogens is 326 g/mol. The molecule has 1 aliphatic heterocycles. The zero-order valence-electron chi connectivity index (χ0n) is 14.8. The molecule has 1 aliphatic rings. The van der Waals surface area contributed by atoms with Crippen LogP contribution in [0.25, 0.3) is 0 Å². The molecular formula is C17H27N3O3S. The Labute approximate surface area is 144 Å². The summed E-state index contributed by atoms with van der Waals surface area (Å²) in [5.41, 5.74) is 0.525. The summed E-state index contributed by atoms with van der Waals surface area (Å²) >= 11 is 0. The van der Waals surface area contributed by atoms with Gasteiger partial charge in [0.2, 0.25) is 10.0 Å². The van der Waals surface area contributed by atoms with Crippen LogP contribution in [-0.2, 0) is 10.0 Å². The van der Waals surface area contributed by atoms with E-state index < -0.39 is 10.0 Å². The largest absolute Gasteiger partial charge is 0.336 e. The van der Waals surface area contributed by atoms with E-state index >= 15 is 0 Å². The molecule has 2 rings (SSSR count). The first kappa shape index (κ1) is 18.9. The summed E-state index contributed by atoms with van der Waals surface area (Å²) in [5.74, 6) is -0.0424. The third-order valence-corrected chi connectivity index (χ3v) is 5.81. The summed E-state index contributed by atoms with van der Waals surface area (Å²) in [7, 11) is -3.53. The molecule has 1 heterocycles.